The molecule has 15 heavy (non-hydrogen) atoms. The first kappa shape index (κ1) is 12.2. The van der Waals surface area contributed by atoms with Crippen molar-refractivity contribution >= 4 is 11.8 Å². The fourth-order valence-electron chi connectivity index (χ4n) is 2.81. The SMILES string of the molecule is CCCC(C)[C@H]1C(=O)CC[C@@H]1CC(=O)O. The highest BCUT2D eigenvalue weighted by Crippen LogP contribution is 2.38. The van der Waals surface area contributed by atoms with Gasteiger partial charge in [0, 0.05) is 18.8 Å². The van der Waals surface area contributed by atoms with E-state index in [-0.39, 0.29) is 24.0 Å². The summed E-state index contributed by atoms with van der Waals surface area (Å²) in [6.45, 7) is 4.17. The van der Waals surface area contributed by atoms with Crippen LogP contribution in [0.25, 0.3) is 0 Å². The van der Waals surface area contributed by atoms with Crippen LogP contribution in [-0.2, 0) is 9.59 Å². The van der Waals surface area contributed by atoms with Crippen molar-refractivity contribution in [3.63, 3.8) is 0 Å². The summed E-state index contributed by atoms with van der Waals surface area (Å²) >= 11 is 0. The van der Waals surface area contributed by atoms with Crippen LogP contribution < -0.4 is 0 Å². The number of carbonyl (C=O) groups excluding carboxylic acids is 1. The zero-order chi connectivity index (χ0) is 11.4. The largest absolute Gasteiger partial charge is 0.481 e. The molecule has 0 aliphatic heterocycles. The van der Waals surface area contributed by atoms with Crippen molar-refractivity contribution in [2.24, 2.45) is 17.8 Å². The van der Waals surface area contributed by atoms with E-state index in [1.165, 1.54) is 0 Å². The number of ketones is 1. The van der Waals surface area contributed by atoms with Crippen molar-refractivity contribution in [3.05, 3.63) is 0 Å². The number of carbonyl (C=O) groups is 2. The third-order valence-electron chi connectivity index (χ3n) is 3.44. The fraction of sp³-hybridized carbons (Fsp3) is 0.833. The van der Waals surface area contributed by atoms with Gasteiger partial charge >= 0.3 is 5.97 Å². The molecule has 0 heterocycles. The van der Waals surface area contributed by atoms with Crippen LogP contribution in [0.1, 0.15) is 46.0 Å². The van der Waals surface area contributed by atoms with Crippen LogP contribution in [0, 0.1) is 17.8 Å². The molecule has 1 unspecified atom stereocenters. The van der Waals surface area contributed by atoms with Crippen molar-refractivity contribution in [1.29, 1.82) is 0 Å². The second-order valence-electron chi connectivity index (χ2n) is 4.65. The van der Waals surface area contributed by atoms with Gasteiger partial charge in [-0.3, -0.25) is 9.59 Å². The van der Waals surface area contributed by atoms with E-state index in [9.17, 15) is 9.59 Å². The van der Waals surface area contributed by atoms with Crippen LogP contribution >= 0.6 is 0 Å². The lowest BCUT2D eigenvalue weighted by atomic mass is 9.80. The molecule has 0 bridgehead atoms. The number of hydrogen-bond acceptors (Lipinski definition) is 2. The number of carboxylic acid groups (broad SMARTS) is 1. The molecule has 1 rings (SSSR count). The van der Waals surface area contributed by atoms with Crippen LogP contribution in [0.2, 0.25) is 0 Å². The Balaban J connectivity index is 2.63. The maximum Gasteiger partial charge on any atom is 0.303 e. The van der Waals surface area contributed by atoms with E-state index in [2.05, 4.69) is 13.8 Å². The first-order valence-corrected chi connectivity index (χ1v) is 5.80. The topological polar surface area (TPSA) is 54.4 Å². The average molecular weight is 212 g/mol. The molecular weight excluding hydrogens is 192 g/mol. The van der Waals surface area contributed by atoms with Crippen LogP contribution in [0.5, 0.6) is 0 Å². The summed E-state index contributed by atoms with van der Waals surface area (Å²) in [5.41, 5.74) is 0. The van der Waals surface area contributed by atoms with E-state index in [4.69, 9.17) is 5.11 Å². The van der Waals surface area contributed by atoms with E-state index in [0.717, 1.165) is 19.3 Å². The van der Waals surface area contributed by atoms with Gasteiger partial charge in [0.2, 0.25) is 0 Å². The average Bonchev–Trinajstić information content (AvgIpc) is 2.46. The molecule has 0 spiro atoms. The van der Waals surface area contributed by atoms with E-state index in [0.29, 0.717) is 12.3 Å². The Bertz CT molecular complexity index is 247. The molecule has 0 amide bonds. The number of rotatable bonds is 5. The zero-order valence-electron chi connectivity index (χ0n) is 9.53. The Labute approximate surface area is 90.9 Å². The number of aliphatic carboxylic acids is 1. The Hall–Kier alpha value is -0.860. The Morgan fingerprint density at radius 3 is 2.80 bits per heavy atom. The summed E-state index contributed by atoms with van der Waals surface area (Å²) in [7, 11) is 0. The molecule has 0 aromatic carbocycles. The van der Waals surface area contributed by atoms with Crippen molar-refractivity contribution in [1.82, 2.24) is 0 Å². The Morgan fingerprint density at radius 2 is 2.27 bits per heavy atom. The van der Waals surface area contributed by atoms with Crippen LogP contribution in [0.4, 0.5) is 0 Å². The van der Waals surface area contributed by atoms with Gasteiger partial charge in [-0.15, -0.1) is 0 Å². The maximum atomic E-state index is 11.7. The summed E-state index contributed by atoms with van der Waals surface area (Å²) in [6, 6.07) is 0. The molecule has 3 nitrogen and oxygen atoms in total. The van der Waals surface area contributed by atoms with Gasteiger partial charge in [0.15, 0.2) is 0 Å². The smallest absolute Gasteiger partial charge is 0.303 e. The summed E-state index contributed by atoms with van der Waals surface area (Å²) in [5.74, 6) is -0.0717. The molecule has 1 aliphatic rings. The second-order valence-corrected chi connectivity index (χ2v) is 4.65. The van der Waals surface area contributed by atoms with Gasteiger partial charge < -0.3 is 5.11 Å². The molecule has 0 aromatic rings. The van der Waals surface area contributed by atoms with Crippen molar-refractivity contribution in [3.8, 4) is 0 Å². The molecule has 1 saturated carbocycles. The van der Waals surface area contributed by atoms with Gasteiger partial charge in [0.1, 0.15) is 5.78 Å². The molecule has 1 aliphatic carbocycles. The van der Waals surface area contributed by atoms with Gasteiger partial charge in [0.25, 0.3) is 0 Å². The van der Waals surface area contributed by atoms with E-state index in [1.54, 1.807) is 0 Å². The number of Topliss-reactive ketones (excluding diaryl/α,β-unsaturated/α-hetero) is 1. The molecule has 3 heteroatoms. The van der Waals surface area contributed by atoms with E-state index in [1.807, 2.05) is 0 Å². The fourth-order valence-corrected chi connectivity index (χ4v) is 2.81. The molecule has 1 fully saturated rings. The van der Waals surface area contributed by atoms with E-state index < -0.39 is 5.97 Å². The predicted octanol–water partition coefficient (Wildman–Crippen LogP) is 2.49. The summed E-state index contributed by atoms with van der Waals surface area (Å²) in [5, 5.41) is 8.78. The minimum atomic E-state index is -0.775. The van der Waals surface area contributed by atoms with Crippen LogP contribution in [0.3, 0.4) is 0 Å². The van der Waals surface area contributed by atoms with Crippen molar-refractivity contribution in [2.75, 3.05) is 0 Å². The van der Waals surface area contributed by atoms with E-state index >= 15 is 0 Å². The van der Waals surface area contributed by atoms with Gasteiger partial charge in [-0.2, -0.15) is 0 Å². The van der Waals surface area contributed by atoms with Gasteiger partial charge in [0.05, 0.1) is 0 Å². The minimum Gasteiger partial charge on any atom is -0.481 e. The van der Waals surface area contributed by atoms with Crippen molar-refractivity contribution in [2.45, 2.75) is 46.0 Å². The molecular formula is C12H20O3. The number of hydrogen-bond donors (Lipinski definition) is 1. The molecule has 86 valence electrons. The third-order valence-corrected chi connectivity index (χ3v) is 3.44. The molecule has 3 atom stereocenters. The lowest BCUT2D eigenvalue weighted by Crippen LogP contribution is -2.24. The van der Waals surface area contributed by atoms with Crippen LogP contribution in [-0.4, -0.2) is 16.9 Å². The first-order valence-electron chi connectivity index (χ1n) is 5.80. The van der Waals surface area contributed by atoms with Gasteiger partial charge in [-0.25, -0.2) is 0 Å². The lowest BCUT2D eigenvalue weighted by Gasteiger charge is -2.23. The zero-order valence-corrected chi connectivity index (χ0v) is 9.53. The maximum absolute atomic E-state index is 11.7. The number of carboxylic acids is 1. The molecule has 0 saturated heterocycles. The van der Waals surface area contributed by atoms with Crippen LogP contribution in [0.15, 0.2) is 0 Å². The highest BCUT2D eigenvalue weighted by Gasteiger charge is 2.38. The van der Waals surface area contributed by atoms with Gasteiger partial charge in [-0.1, -0.05) is 26.7 Å². The Kier molecular flexibility index (Phi) is 4.30. The van der Waals surface area contributed by atoms with Gasteiger partial charge in [-0.05, 0) is 18.3 Å². The normalized spacial score (nSPS) is 28.0. The third kappa shape index (κ3) is 3.05. The molecule has 0 aromatic heterocycles. The highest BCUT2D eigenvalue weighted by molar-refractivity contribution is 5.84. The molecule has 0 radical (unpaired) electrons. The highest BCUT2D eigenvalue weighted by atomic mass is 16.4. The summed E-state index contributed by atoms with van der Waals surface area (Å²) in [4.78, 5) is 22.4. The summed E-state index contributed by atoms with van der Waals surface area (Å²) in [6.07, 6.45) is 3.59. The lowest BCUT2D eigenvalue weighted by molar-refractivity contribution is -0.138. The monoisotopic (exact) mass is 212 g/mol. The Morgan fingerprint density at radius 1 is 1.60 bits per heavy atom. The standard InChI is InChI=1S/C12H20O3/c1-3-4-8(2)12-9(7-11(14)15)5-6-10(12)13/h8-9,12H,3-7H2,1-2H3,(H,14,15)/t8?,9-,12-/m1/s1. The second kappa shape index (κ2) is 5.29. The molecule has 1 N–H and O–H groups in total. The van der Waals surface area contributed by atoms with Crippen molar-refractivity contribution < 1.29 is 14.7 Å². The quantitative estimate of drug-likeness (QED) is 0.761. The first-order chi connectivity index (χ1) is 7.06. The predicted molar refractivity (Wildman–Crippen MR) is 57.5 cm³/mol. The summed E-state index contributed by atoms with van der Waals surface area (Å²) < 4.78 is 0. The minimum absolute atomic E-state index is 0.000972.